The highest BCUT2D eigenvalue weighted by atomic mass is 35.5. The highest BCUT2D eigenvalue weighted by Crippen LogP contribution is 2.38. The molecule has 0 saturated heterocycles. The van der Waals surface area contributed by atoms with Gasteiger partial charge in [-0.2, -0.15) is 15.6 Å². The monoisotopic (exact) mass is 381 g/mol. The molecule has 2 aromatic heterocycles. The predicted molar refractivity (Wildman–Crippen MR) is 97.5 cm³/mol. The van der Waals surface area contributed by atoms with E-state index in [0.29, 0.717) is 38.6 Å². The summed E-state index contributed by atoms with van der Waals surface area (Å²) in [5.74, 6) is 0.768. The first-order valence-corrected chi connectivity index (χ1v) is 8.26. The average Bonchev–Trinajstić information content (AvgIpc) is 3.29. The summed E-state index contributed by atoms with van der Waals surface area (Å²) in [6.45, 7) is 0. The van der Waals surface area contributed by atoms with Crippen molar-refractivity contribution in [2.75, 3.05) is 0 Å². The molecule has 0 amide bonds. The van der Waals surface area contributed by atoms with Crippen molar-refractivity contribution in [2.24, 2.45) is 0 Å². The minimum absolute atomic E-state index is 0.120. The fourth-order valence-corrected chi connectivity index (χ4v) is 2.85. The number of aromatic nitrogens is 4. The molecule has 4 aromatic rings. The summed E-state index contributed by atoms with van der Waals surface area (Å²) in [5, 5.41) is 20.7. The van der Waals surface area contributed by atoms with Crippen molar-refractivity contribution in [3.63, 3.8) is 0 Å². The maximum atomic E-state index is 9.27. The van der Waals surface area contributed by atoms with Crippen molar-refractivity contribution in [1.29, 1.82) is 5.26 Å². The third kappa shape index (κ3) is 2.84. The van der Waals surface area contributed by atoms with Crippen molar-refractivity contribution in [3.05, 3.63) is 64.3 Å². The Morgan fingerprint density at radius 3 is 2.46 bits per heavy atom. The topological polar surface area (TPSA) is 91.4 Å². The van der Waals surface area contributed by atoms with Crippen LogP contribution in [-0.2, 0) is 0 Å². The Morgan fingerprint density at radius 2 is 1.73 bits per heavy atom. The minimum Gasteiger partial charge on any atom is -0.435 e. The van der Waals surface area contributed by atoms with Crippen molar-refractivity contribution in [1.82, 2.24) is 20.4 Å². The molecule has 0 aliphatic carbocycles. The molecular weight excluding hydrogens is 373 g/mol. The molecule has 0 aliphatic heterocycles. The van der Waals surface area contributed by atoms with Gasteiger partial charge >= 0.3 is 0 Å². The zero-order valence-corrected chi connectivity index (χ0v) is 14.6. The van der Waals surface area contributed by atoms with E-state index in [0.717, 1.165) is 5.56 Å². The second-order valence-electron chi connectivity index (χ2n) is 5.32. The summed E-state index contributed by atoms with van der Waals surface area (Å²) in [7, 11) is 0. The first kappa shape index (κ1) is 16.3. The Hall–Kier alpha value is -3.14. The Morgan fingerprint density at radius 1 is 0.962 bits per heavy atom. The molecule has 2 aromatic carbocycles. The summed E-state index contributed by atoms with van der Waals surface area (Å²) < 4.78 is 6.00. The molecule has 6 nitrogen and oxygen atoms in total. The van der Waals surface area contributed by atoms with Crippen LogP contribution in [0.3, 0.4) is 0 Å². The van der Waals surface area contributed by atoms with Crippen LogP contribution in [-0.4, -0.2) is 20.4 Å². The molecule has 0 fully saturated rings. The van der Waals surface area contributed by atoms with Gasteiger partial charge in [0.25, 0.3) is 0 Å². The van der Waals surface area contributed by atoms with Crippen LogP contribution in [0.2, 0.25) is 10.0 Å². The van der Waals surface area contributed by atoms with E-state index in [1.807, 2.05) is 24.3 Å². The highest BCUT2D eigenvalue weighted by molar-refractivity contribution is 6.33. The van der Waals surface area contributed by atoms with Gasteiger partial charge < -0.3 is 4.42 Å². The quantitative estimate of drug-likeness (QED) is 0.540. The lowest BCUT2D eigenvalue weighted by Crippen LogP contribution is -1.87. The van der Waals surface area contributed by atoms with Gasteiger partial charge in [0.1, 0.15) is 11.8 Å². The van der Waals surface area contributed by atoms with Gasteiger partial charge in [-0.3, -0.25) is 0 Å². The summed E-state index contributed by atoms with van der Waals surface area (Å²) in [6.07, 6.45) is 0. The van der Waals surface area contributed by atoms with Gasteiger partial charge in [0.15, 0.2) is 17.1 Å². The number of nitrogens with zero attached hydrogens (tertiary/aromatic N) is 4. The van der Waals surface area contributed by atoms with Crippen LogP contribution in [0.1, 0.15) is 5.69 Å². The van der Waals surface area contributed by atoms with E-state index in [1.165, 1.54) is 0 Å². The van der Waals surface area contributed by atoms with Crippen LogP contribution in [0.25, 0.3) is 34.2 Å². The maximum Gasteiger partial charge on any atom is 0.227 e. The van der Waals surface area contributed by atoms with E-state index in [2.05, 4.69) is 20.4 Å². The van der Waals surface area contributed by atoms with Crippen LogP contribution >= 0.6 is 23.2 Å². The van der Waals surface area contributed by atoms with Crippen molar-refractivity contribution in [3.8, 4) is 40.2 Å². The molecular formula is C18H9Cl2N5O. The zero-order chi connectivity index (χ0) is 18.1. The van der Waals surface area contributed by atoms with Gasteiger partial charge in [0.2, 0.25) is 5.89 Å². The molecule has 8 heteroatoms. The molecule has 2 heterocycles. The Balaban J connectivity index is 1.96. The highest BCUT2D eigenvalue weighted by Gasteiger charge is 2.24. The number of benzene rings is 2. The number of hydrogen-bond donors (Lipinski definition) is 1. The average molecular weight is 382 g/mol. The van der Waals surface area contributed by atoms with Crippen molar-refractivity contribution < 1.29 is 4.42 Å². The molecule has 0 aliphatic rings. The Kier molecular flexibility index (Phi) is 4.17. The fourth-order valence-electron chi connectivity index (χ4n) is 2.50. The molecule has 0 radical (unpaired) electrons. The lowest BCUT2D eigenvalue weighted by Gasteiger charge is -2.01. The van der Waals surface area contributed by atoms with E-state index >= 15 is 0 Å². The summed E-state index contributed by atoms with van der Waals surface area (Å²) in [5.41, 5.74) is 2.17. The molecule has 0 atom stereocenters. The second kappa shape index (κ2) is 6.64. The van der Waals surface area contributed by atoms with Crippen LogP contribution in [0.15, 0.2) is 52.9 Å². The van der Waals surface area contributed by atoms with Gasteiger partial charge in [-0.1, -0.05) is 35.3 Å². The van der Waals surface area contributed by atoms with E-state index in [9.17, 15) is 5.26 Å². The van der Waals surface area contributed by atoms with Crippen molar-refractivity contribution in [2.45, 2.75) is 0 Å². The van der Waals surface area contributed by atoms with E-state index in [-0.39, 0.29) is 5.69 Å². The normalized spacial score (nSPS) is 10.7. The van der Waals surface area contributed by atoms with Crippen LogP contribution in [0.5, 0.6) is 0 Å². The van der Waals surface area contributed by atoms with Gasteiger partial charge in [-0.05, 0) is 36.4 Å². The Labute approximate surface area is 158 Å². The number of rotatable bonds is 3. The largest absolute Gasteiger partial charge is 0.435 e. The third-order valence-corrected chi connectivity index (χ3v) is 4.30. The molecule has 26 heavy (non-hydrogen) atoms. The zero-order valence-electron chi connectivity index (χ0n) is 13.1. The third-order valence-electron chi connectivity index (χ3n) is 3.71. The second-order valence-corrected chi connectivity index (χ2v) is 6.16. The van der Waals surface area contributed by atoms with Gasteiger partial charge in [0.05, 0.1) is 5.02 Å². The van der Waals surface area contributed by atoms with E-state index in [4.69, 9.17) is 27.6 Å². The standard InChI is InChI=1S/C18H9Cl2N5O/c19-11-7-5-10(6-8-11)18-22-16(15-14(9-21)23-25-24-15)17(26-18)12-3-1-2-4-13(12)20/h1-8H,(H,23,24,25). The van der Waals surface area contributed by atoms with Crippen LogP contribution in [0, 0.1) is 11.3 Å². The molecule has 4 rings (SSSR count). The SMILES string of the molecule is N#Cc1n[nH]nc1-c1nc(-c2ccc(Cl)cc2)oc1-c1ccccc1Cl. The minimum atomic E-state index is 0.120. The molecule has 0 unspecified atom stereocenters. The summed E-state index contributed by atoms with van der Waals surface area (Å²) in [6, 6.07) is 16.3. The number of halogens is 2. The Bertz CT molecular complexity index is 1110. The number of oxazole rings is 1. The lowest BCUT2D eigenvalue weighted by molar-refractivity contribution is 0.589. The molecule has 0 bridgehead atoms. The van der Waals surface area contributed by atoms with Gasteiger partial charge in [0, 0.05) is 16.1 Å². The number of nitrogens with one attached hydrogen (secondary N) is 1. The van der Waals surface area contributed by atoms with E-state index in [1.54, 1.807) is 30.3 Å². The van der Waals surface area contributed by atoms with Crippen LogP contribution < -0.4 is 0 Å². The summed E-state index contributed by atoms with van der Waals surface area (Å²) >= 11 is 12.3. The number of H-pyrrole nitrogens is 1. The maximum absolute atomic E-state index is 9.27. The fraction of sp³-hybridized carbons (Fsp3) is 0. The van der Waals surface area contributed by atoms with E-state index < -0.39 is 0 Å². The lowest BCUT2D eigenvalue weighted by atomic mass is 10.1. The first-order valence-electron chi connectivity index (χ1n) is 7.50. The summed E-state index contributed by atoms with van der Waals surface area (Å²) in [4.78, 5) is 4.54. The number of aromatic amines is 1. The molecule has 0 saturated carbocycles. The number of hydrogen-bond acceptors (Lipinski definition) is 5. The van der Waals surface area contributed by atoms with Gasteiger partial charge in [-0.25, -0.2) is 4.98 Å². The number of nitriles is 1. The van der Waals surface area contributed by atoms with Gasteiger partial charge in [-0.15, -0.1) is 5.10 Å². The first-order chi connectivity index (χ1) is 12.7. The van der Waals surface area contributed by atoms with Crippen molar-refractivity contribution >= 4 is 23.2 Å². The van der Waals surface area contributed by atoms with Crippen LogP contribution in [0.4, 0.5) is 0 Å². The molecule has 126 valence electrons. The smallest absolute Gasteiger partial charge is 0.227 e. The molecule has 0 spiro atoms. The molecule has 1 N–H and O–H groups in total. The predicted octanol–water partition coefficient (Wildman–Crippen LogP) is 4.97.